The molecule has 3 fully saturated rings. The molecule has 2 amide bonds. The number of nitrogens with zero attached hydrogens (tertiary/aromatic N) is 2. The average molecular weight is 265 g/mol. The van der Waals surface area contributed by atoms with Crippen LogP contribution in [-0.4, -0.2) is 53.8 Å². The Morgan fingerprint density at radius 1 is 1.21 bits per heavy atom. The van der Waals surface area contributed by atoms with Crippen molar-refractivity contribution in [3.8, 4) is 0 Å². The van der Waals surface area contributed by atoms with E-state index in [1.807, 2.05) is 9.80 Å². The topological polar surface area (TPSA) is 66.6 Å². The van der Waals surface area contributed by atoms with Gasteiger partial charge in [0.1, 0.15) is 0 Å². The molecule has 2 N–H and O–H groups in total. The van der Waals surface area contributed by atoms with Crippen molar-refractivity contribution in [1.82, 2.24) is 9.80 Å². The molecule has 1 saturated carbocycles. The predicted molar refractivity (Wildman–Crippen MR) is 71.2 cm³/mol. The molecule has 2 aliphatic heterocycles. The number of hydrogen-bond acceptors (Lipinski definition) is 3. The van der Waals surface area contributed by atoms with Crippen LogP contribution in [-0.2, 0) is 9.59 Å². The lowest BCUT2D eigenvalue weighted by atomic mass is 10.0. The first kappa shape index (κ1) is 12.9. The van der Waals surface area contributed by atoms with Crippen LogP contribution in [0.2, 0.25) is 0 Å². The van der Waals surface area contributed by atoms with Crippen molar-refractivity contribution in [2.75, 3.05) is 26.2 Å². The largest absolute Gasteiger partial charge is 0.342 e. The van der Waals surface area contributed by atoms with Gasteiger partial charge in [0.05, 0.1) is 0 Å². The van der Waals surface area contributed by atoms with Gasteiger partial charge in [-0.2, -0.15) is 0 Å². The van der Waals surface area contributed by atoms with Crippen LogP contribution in [0.25, 0.3) is 0 Å². The van der Waals surface area contributed by atoms with E-state index < -0.39 is 0 Å². The van der Waals surface area contributed by atoms with Crippen LogP contribution >= 0.6 is 0 Å². The Bertz CT molecular complexity index is 373. The second-order valence-electron chi connectivity index (χ2n) is 6.18. The molecule has 1 aliphatic carbocycles. The number of carbonyl (C=O) groups excluding carboxylic acids is 2. The Kier molecular flexibility index (Phi) is 3.48. The predicted octanol–water partition coefficient (Wildman–Crippen LogP) is 0.195. The van der Waals surface area contributed by atoms with Crippen molar-refractivity contribution < 1.29 is 9.59 Å². The third kappa shape index (κ3) is 2.61. The second kappa shape index (κ2) is 5.12. The van der Waals surface area contributed by atoms with Gasteiger partial charge in [0.25, 0.3) is 0 Å². The third-order valence-electron chi connectivity index (χ3n) is 4.72. The minimum Gasteiger partial charge on any atom is -0.342 e. The Balaban J connectivity index is 1.52. The van der Waals surface area contributed by atoms with Crippen molar-refractivity contribution in [3.05, 3.63) is 0 Å². The number of nitrogens with two attached hydrogens (primary N) is 1. The van der Waals surface area contributed by atoms with E-state index in [4.69, 9.17) is 5.73 Å². The molecule has 3 rings (SSSR count). The van der Waals surface area contributed by atoms with Crippen molar-refractivity contribution in [2.24, 2.45) is 17.6 Å². The van der Waals surface area contributed by atoms with E-state index in [2.05, 4.69) is 0 Å². The van der Waals surface area contributed by atoms with Crippen LogP contribution in [0.1, 0.15) is 32.1 Å². The molecule has 0 aromatic heterocycles. The van der Waals surface area contributed by atoms with Crippen LogP contribution in [0, 0.1) is 11.8 Å². The molecule has 1 unspecified atom stereocenters. The summed E-state index contributed by atoms with van der Waals surface area (Å²) in [6.07, 6.45) is 4.61. The van der Waals surface area contributed by atoms with Gasteiger partial charge in [-0.3, -0.25) is 9.59 Å². The SMILES string of the molecule is NCC1CC(=O)N(C2CCN(C(=O)C3CC3)CC2)C1. The van der Waals surface area contributed by atoms with E-state index in [-0.39, 0.29) is 5.91 Å². The fourth-order valence-electron chi connectivity index (χ4n) is 3.31. The van der Waals surface area contributed by atoms with Crippen LogP contribution < -0.4 is 5.73 Å². The minimum atomic E-state index is 0.252. The molecule has 2 saturated heterocycles. The van der Waals surface area contributed by atoms with E-state index in [1.165, 1.54) is 0 Å². The van der Waals surface area contributed by atoms with E-state index in [0.29, 0.717) is 36.8 Å². The number of carbonyl (C=O) groups is 2. The maximum atomic E-state index is 12.0. The first-order valence-electron chi connectivity index (χ1n) is 7.47. The van der Waals surface area contributed by atoms with E-state index in [9.17, 15) is 9.59 Å². The van der Waals surface area contributed by atoms with Crippen LogP contribution in [0.15, 0.2) is 0 Å². The van der Waals surface area contributed by atoms with E-state index in [1.54, 1.807) is 0 Å². The highest BCUT2D eigenvalue weighted by atomic mass is 16.2. The maximum Gasteiger partial charge on any atom is 0.225 e. The fourth-order valence-corrected chi connectivity index (χ4v) is 3.31. The van der Waals surface area contributed by atoms with Crippen LogP contribution in [0.3, 0.4) is 0 Å². The minimum absolute atomic E-state index is 0.252. The fraction of sp³-hybridized carbons (Fsp3) is 0.857. The van der Waals surface area contributed by atoms with Crippen LogP contribution in [0.4, 0.5) is 0 Å². The summed E-state index contributed by atoms with van der Waals surface area (Å²) in [5.41, 5.74) is 5.66. The summed E-state index contributed by atoms with van der Waals surface area (Å²) < 4.78 is 0. The Labute approximate surface area is 114 Å². The second-order valence-corrected chi connectivity index (χ2v) is 6.18. The van der Waals surface area contributed by atoms with E-state index in [0.717, 1.165) is 45.3 Å². The molecule has 0 spiro atoms. The van der Waals surface area contributed by atoms with Gasteiger partial charge in [0, 0.05) is 38.0 Å². The number of amides is 2. The van der Waals surface area contributed by atoms with E-state index >= 15 is 0 Å². The van der Waals surface area contributed by atoms with Gasteiger partial charge in [-0.25, -0.2) is 0 Å². The van der Waals surface area contributed by atoms with Crippen LogP contribution in [0.5, 0.6) is 0 Å². The number of likely N-dealkylation sites (tertiary alicyclic amines) is 2. The molecule has 0 aromatic carbocycles. The zero-order chi connectivity index (χ0) is 13.4. The summed E-state index contributed by atoms with van der Waals surface area (Å²) in [5.74, 6) is 1.23. The molecular weight excluding hydrogens is 242 g/mol. The van der Waals surface area contributed by atoms with Crippen molar-refractivity contribution >= 4 is 11.8 Å². The summed E-state index contributed by atoms with van der Waals surface area (Å²) in [5, 5.41) is 0. The summed E-state index contributed by atoms with van der Waals surface area (Å²) in [4.78, 5) is 28.0. The highest BCUT2D eigenvalue weighted by Crippen LogP contribution is 2.32. The van der Waals surface area contributed by atoms with Crippen molar-refractivity contribution in [1.29, 1.82) is 0 Å². The molecule has 5 heteroatoms. The zero-order valence-electron chi connectivity index (χ0n) is 11.4. The molecule has 0 aromatic rings. The summed E-state index contributed by atoms with van der Waals surface area (Å²) in [7, 11) is 0. The summed E-state index contributed by atoms with van der Waals surface area (Å²) >= 11 is 0. The summed E-state index contributed by atoms with van der Waals surface area (Å²) in [6.45, 7) is 3.05. The average Bonchev–Trinajstić information content (AvgIpc) is 3.21. The van der Waals surface area contributed by atoms with Crippen molar-refractivity contribution in [2.45, 2.75) is 38.1 Å². The number of piperidine rings is 1. The molecule has 19 heavy (non-hydrogen) atoms. The Hall–Kier alpha value is -1.10. The van der Waals surface area contributed by atoms with Gasteiger partial charge in [-0.1, -0.05) is 0 Å². The lowest BCUT2D eigenvalue weighted by Gasteiger charge is -2.37. The van der Waals surface area contributed by atoms with Gasteiger partial charge in [0.2, 0.25) is 11.8 Å². The quantitative estimate of drug-likeness (QED) is 0.792. The van der Waals surface area contributed by atoms with Gasteiger partial charge in [-0.05, 0) is 38.1 Å². The molecule has 106 valence electrons. The molecule has 5 nitrogen and oxygen atoms in total. The third-order valence-corrected chi connectivity index (χ3v) is 4.72. The van der Waals surface area contributed by atoms with Crippen molar-refractivity contribution in [3.63, 3.8) is 0 Å². The molecule has 0 radical (unpaired) electrons. The lowest BCUT2D eigenvalue weighted by Crippen LogP contribution is -2.47. The monoisotopic (exact) mass is 265 g/mol. The molecule has 2 heterocycles. The van der Waals surface area contributed by atoms with Gasteiger partial charge in [-0.15, -0.1) is 0 Å². The van der Waals surface area contributed by atoms with Gasteiger partial charge < -0.3 is 15.5 Å². The molecule has 0 bridgehead atoms. The lowest BCUT2D eigenvalue weighted by molar-refractivity contribution is -0.135. The summed E-state index contributed by atoms with van der Waals surface area (Å²) in [6, 6.07) is 0.326. The zero-order valence-corrected chi connectivity index (χ0v) is 11.4. The molecule has 1 atom stereocenters. The first-order valence-corrected chi connectivity index (χ1v) is 7.47. The molecule has 3 aliphatic rings. The normalized spacial score (nSPS) is 29.1. The number of rotatable bonds is 3. The van der Waals surface area contributed by atoms with Gasteiger partial charge in [0.15, 0.2) is 0 Å². The highest BCUT2D eigenvalue weighted by molar-refractivity contribution is 5.81. The Morgan fingerprint density at radius 3 is 2.42 bits per heavy atom. The number of hydrogen-bond donors (Lipinski definition) is 1. The smallest absolute Gasteiger partial charge is 0.225 e. The van der Waals surface area contributed by atoms with Gasteiger partial charge >= 0.3 is 0 Å². The molecular formula is C14H23N3O2. The maximum absolute atomic E-state index is 12.0. The standard InChI is InChI=1S/C14H23N3O2/c15-8-10-7-13(18)17(9-10)12-3-5-16(6-4-12)14(19)11-1-2-11/h10-12H,1-9,15H2. The Morgan fingerprint density at radius 2 is 1.89 bits per heavy atom. The highest BCUT2D eigenvalue weighted by Gasteiger charge is 2.38. The first-order chi connectivity index (χ1) is 9.19.